The van der Waals surface area contributed by atoms with Crippen LogP contribution in [0.3, 0.4) is 0 Å². The lowest BCUT2D eigenvalue weighted by molar-refractivity contribution is 0.147. The van der Waals surface area contributed by atoms with Crippen molar-refractivity contribution < 1.29 is 9.90 Å². The maximum atomic E-state index is 11.9. The fraction of sp³-hybridized carbons (Fsp3) is 0.933. The van der Waals surface area contributed by atoms with Crippen molar-refractivity contribution in [2.45, 2.75) is 64.5 Å². The number of carbonyl (C=O) groups excluding carboxylic acids is 1. The van der Waals surface area contributed by atoms with Crippen LogP contribution in [0, 0.1) is 0 Å². The Morgan fingerprint density at radius 2 is 2.05 bits per heavy atom. The number of aliphatic hydroxyl groups excluding tert-OH is 1. The molecule has 5 nitrogen and oxygen atoms in total. The van der Waals surface area contributed by atoms with E-state index < -0.39 is 5.54 Å². The van der Waals surface area contributed by atoms with Gasteiger partial charge in [0.2, 0.25) is 0 Å². The van der Waals surface area contributed by atoms with Gasteiger partial charge in [-0.3, -0.25) is 4.90 Å². The molecule has 0 bridgehead atoms. The molecule has 5 heteroatoms. The summed E-state index contributed by atoms with van der Waals surface area (Å²) < 4.78 is 0. The molecule has 1 unspecified atom stereocenters. The zero-order valence-electron chi connectivity index (χ0n) is 13.2. The number of carbonyl (C=O) groups is 1. The van der Waals surface area contributed by atoms with Crippen LogP contribution in [0.15, 0.2) is 0 Å². The third kappa shape index (κ3) is 4.94. The molecule has 1 aliphatic rings. The third-order valence-corrected chi connectivity index (χ3v) is 4.66. The van der Waals surface area contributed by atoms with Crippen molar-refractivity contribution in [3.8, 4) is 0 Å². The zero-order chi connectivity index (χ0) is 15.0. The highest BCUT2D eigenvalue weighted by molar-refractivity contribution is 5.74. The first-order valence-electron chi connectivity index (χ1n) is 7.98. The average molecular weight is 285 g/mol. The first-order chi connectivity index (χ1) is 9.56. The van der Waals surface area contributed by atoms with Crippen LogP contribution in [-0.4, -0.2) is 53.9 Å². The van der Waals surface area contributed by atoms with Crippen molar-refractivity contribution in [1.29, 1.82) is 0 Å². The topological polar surface area (TPSA) is 64.6 Å². The molecule has 3 N–H and O–H groups in total. The summed E-state index contributed by atoms with van der Waals surface area (Å²) in [6.07, 6.45) is 5.30. The molecule has 1 rings (SSSR count). The predicted molar refractivity (Wildman–Crippen MR) is 81.8 cm³/mol. The van der Waals surface area contributed by atoms with Gasteiger partial charge >= 0.3 is 6.03 Å². The first kappa shape index (κ1) is 17.2. The molecule has 0 aliphatic carbocycles. The van der Waals surface area contributed by atoms with Crippen LogP contribution in [0.25, 0.3) is 0 Å². The van der Waals surface area contributed by atoms with Crippen LogP contribution < -0.4 is 10.6 Å². The summed E-state index contributed by atoms with van der Waals surface area (Å²) in [4.78, 5) is 14.3. The van der Waals surface area contributed by atoms with Gasteiger partial charge in [0.1, 0.15) is 0 Å². The van der Waals surface area contributed by atoms with E-state index in [0.29, 0.717) is 12.6 Å². The number of likely N-dealkylation sites (tertiary alicyclic amines) is 1. The van der Waals surface area contributed by atoms with Crippen molar-refractivity contribution in [2.24, 2.45) is 0 Å². The fourth-order valence-corrected chi connectivity index (χ4v) is 2.78. The highest BCUT2D eigenvalue weighted by Crippen LogP contribution is 2.15. The molecule has 118 valence electrons. The maximum absolute atomic E-state index is 11.9. The van der Waals surface area contributed by atoms with Gasteiger partial charge in [0.15, 0.2) is 0 Å². The summed E-state index contributed by atoms with van der Waals surface area (Å²) in [5.74, 6) is 0. The Labute approximate surface area is 123 Å². The highest BCUT2D eigenvalue weighted by atomic mass is 16.3. The average Bonchev–Trinajstić information content (AvgIpc) is 2.47. The largest absolute Gasteiger partial charge is 0.394 e. The molecular weight excluding hydrogens is 254 g/mol. The Morgan fingerprint density at radius 1 is 1.35 bits per heavy atom. The van der Waals surface area contributed by atoms with E-state index in [4.69, 9.17) is 0 Å². The molecule has 1 heterocycles. The summed E-state index contributed by atoms with van der Waals surface area (Å²) in [7, 11) is 0. The smallest absolute Gasteiger partial charge is 0.315 e. The van der Waals surface area contributed by atoms with E-state index in [1.54, 1.807) is 0 Å². The fourth-order valence-electron chi connectivity index (χ4n) is 2.78. The second kappa shape index (κ2) is 8.47. The molecular formula is C15H31N3O2. The van der Waals surface area contributed by atoms with Gasteiger partial charge in [-0.1, -0.05) is 20.3 Å². The van der Waals surface area contributed by atoms with Crippen molar-refractivity contribution >= 4 is 6.03 Å². The summed E-state index contributed by atoms with van der Waals surface area (Å²) in [5.41, 5.74) is -0.484. The quantitative estimate of drug-likeness (QED) is 0.667. The first-order valence-corrected chi connectivity index (χ1v) is 7.98. The maximum Gasteiger partial charge on any atom is 0.315 e. The minimum absolute atomic E-state index is 0.0173. The minimum atomic E-state index is -0.484. The molecule has 0 radical (unpaired) electrons. The van der Waals surface area contributed by atoms with Gasteiger partial charge in [0.05, 0.1) is 12.1 Å². The summed E-state index contributed by atoms with van der Waals surface area (Å²) in [5, 5.41) is 15.3. The van der Waals surface area contributed by atoms with E-state index in [0.717, 1.165) is 25.9 Å². The van der Waals surface area contributed by atoms with Crippen molar-refractivity contribution in [3.63, 3.8) is 0 Å². The van der Waals surface area contributed by atoms with Gasteiger partial charge in [0, 0.05) is 19.1 Å². The van der Waals surface area contributed by atoms with E-state index in [2.05, 4.69) is 22.5 Å². The van der Waals surface area contributed by atoms with Gasteiger partial charge < -0.3 is 15.7 Å². The number of hydrogen-bond acceptors (Lipinski definition) is 3. The van der Waals surface area contributed by atoms with E-state index in [1.165, 1.54) is 19.3 Å². The Hall–Kier alpha value is -0.810. The second-order valence-corrected chi connectivity index (χ2v) is 5.91. The van der Waals surface area contributed by atoms with Crippen molar-refractivity contribution in [3.05, 3.63) is 0 Å². The molecule has 0 saturated carbocycles. The van der Waals surface area contributed by atoms with E-state index in [9.17, 15) is 9.90 Å². The van der Waals surface area contributed by atoms with Crippen LogP contribution in [0.4, 0.5) is 4.79 Å². The number of urea groups is 1. The Bertz CT molecular complexity index is 285. The number of hydrogen-bond donors (Lipinski definition) is 3. The number of nitrogens with zero attached hydrogens (tertiary/aromatic N) is 1. The predicted octanol–water partition coefficient (Wildman–Crippen LogP) is 1.71. The van der Waals surface area contributed by atoms with Crippen LogP contribution in [0.5, 0.6) is 0 Å². The number of aliphatic hydroxyl groups is 1. The monoisotopic (exact) mass is 285 g/mol. The lowest BCUT2D eigenvalue weighted by Crippen LogP contribution is -2.54. The summed E-state index contributed by atoms with van der Waals surface area (Å²) >= 11 is 0. The molecule has 20 heavy (non-hydrogen) atoms. The number of amides is 2. The van der Waals surface area contributed by atoms with Gasteiger partial charge in [-0.05, 0) is 39.2 Å². The van der Waals surface area contributed by atoms with Crippen LogP contribution in [-0.2, 0) is 0 Å². The highest BCUT2D eigenvalue weighted by Gasteiger charge is 2.27. The summed E-state index contributed by atoms with van der Waals surface area (Å²) in [6, 6.07) is 0.448. The second-order valence-electron chi connectivity index (χ2n) is 5.91. The van der Waals surface area contributed by atoms with E-state index >= 15 is 0 Å². The van der Waals surface area contributed by atoms with Gasteiger partial charge in [-0.15, -0.1) is 0 Å². The lowest BCUT2D eigenvalue weighted by Gasteiger charge is -2.34. The third-order valence-electron chi connectivity index (χ3n) is 4.66. The van der Waals surface area contributed by atoms with E-state index in [1.807, 2.05) is 13.8 Å². The molecule has 2 amide bonds. The Morgan fingerprint density at radius 3 is 2.60 bits per heavy atom. The number of piperidine rings is 1. The van der Waals surface area contributed by atoms with Crippen molar-refractivity contribution in [2.75, 3.05) is 26.2 Å². The molecule has 0 aromatic carbocycles. The number of rotatable bonds is 7. The SMILES string of the molecule is CCC(CC)(CO)NC(=O)NCCN1CCCCC1C. The Kier molecular flexibility index (Phi) is 7.30. The van der Waals surface area contributed by atoms with Gasteiger partial charge in [0.25, 0.3) is 0 Å². The lowest BCUT2D eigenvalue weighted by atomic mass is 9.94. The van der Waals surface area contributed by atoms with Crippen LogP contribution >= 0.6 is 0 Å². The summed E-state index contributed by atoms with van der Waals surface area (Å²) in [6.45, 7) is 8.89. The molecule has 0 aromatic heterocycles. The molecule has 1 aliphatic heterocycles. The van der Waals surface area contributed by atoms with Gasteiger partial charge in [-0.25, -0.2) is 4.79 Å². The minimum Gasteiger partial charge on any atom is -0.394 e. The molecule has 1 fully saturated rings. The van der Waals surface area contributed by atoms with Gasteiger partial charge in [-0.2, -0.15) is 0 Å². The molecule has 1 atom stereocenters. The van der Waals surface area contributed by atoms with E-state index in [-0.39, 0.29) is 12.6 Å². The van der Waals surface area contributed by atoms with Crippen LogP contribution in [0.1, 0.15) is 52.9 Å². The zero-order valence-corrected chi connectivity index (χ0v) is 13.2. The Balaban J connectivity index is 2.29. The standard InChI is InChI=1S/C15H31N3O2/c1-4-15(5-2,12-19)17-14(20)16-9-11-18-10-7-6-8-13(18)3/h13,19H,4-12H2,1-3H3,(H2,16,17,20). The number of nitrogens with one attached hydrogen (secondary N) is 2. The molecule has 0 spiro atoms. The van der Waals surface area contributed by atoms with Crippen LogP contribution in [0.2, 0.25) is 0 Å². The molecule has 0 aromatic rings. The normalized spacial score (nSPS) is 20.7. The van der Waals surface area contributed by atoms with Crippen molar-refractivity contribution in [1.82, 2.24) is 15.5 Å². The molecule has 1 saturated heterocycles.